The summed E-state index contributed by atoms with van der Waals surface area (Å²) in [6, 6.07) is 8.39. The zero-order valence-corrected chi connectivity index (χ0v) is 20.0. The molecule has 3 aromatic rings. The fraction of sp³-hybridized carbons (Fsp3) is 0.462. The highest BCUT2D eigenvalue weighted by Gasteiger charge is 2.22. The third kappa shape index (κ3) is 4.55. The molecule has 1 fully saturated rings. The van der Waals surface area contributed by atoms with Gasteiger partial charge in [-0.2, -0.15) is 0 Å². The highest BCUT2D eigenvalue weighted by atomic mass is 15.3. The molecule has 4 heterocycles. The molecule has 2 aliphatic rings. The van der Waals surface area contributed by atoms with E-state index in [1.807, 2.05) is 18.5 Å². The molecular weight excluding hydrogens is 410 g/mol. The van der Waals surface area contributed by atoms with Crippen molar-refractivity contribution in [2.75, 3.05) is 42.9 Å². The zero-order valence-electron chi connectivity index (χ0n) is 20.0. The summed E-state index contributed by atoms with van der Waals surface area (Å²) in [7, 11) is 0. The molecule has 1 aromatic carbocycles. The molecule has 172 valence electrons. The third-order valence-electron chi connectivity index (χ3n) is 6.41. The maximum Gasteiger partial charge on any atom is 0.228 e. The first-order valence-electron chi connectivity index (χ1n) is 12.0. The third-order valence-corrected chi connectivity index (χ3v) is 6.41. The van der Waals surface area contributed by atoms with E-state index in [4.69, 9.17) is 9.98 Å². The minimum atomic E-state index is 0.365. The fourth-order valence-electron chi connectivity index (χ4n) is 4.80. The molecule has 5 rings (SSSR count). The number of aliphatic imine (C=N–C) groups is 1. The highest BCUT2D eigenvalue weighted by Crippen LogP contribution is 2.30. The lowest BCUT2D eigenvalue weighted by molar-refractivity contribution is 0.231. The van der Waals surface area contributed by atoms with Crippen molar-refractivity contribution in [2.45, 2.75) is 34.2 Å². The number of piperazine rings is 1. The first kappa shape index (κ1) is 21.8. The van der Waals surface area contributed by atoms with Crippen LogP contribution < -0.4 is 10.2 Å². The Bertz CT molecular complexity index is 1160. The lowest BCUT2D eigenvalue weighted by Crippen LogP contribution is -2.47. The zero-order chi connectivity index (χ0) is 22.9. The Balaban J connectivity index is 1.31. The summed E-state index contributed by atoms with van der Waals surface area (Å²) < 4.78 is 0. The Morgan fingerprint density at radius 3 is 2.45 bits per heavy atom. The molecule has 0 unspecified atom stereocenters. The molecule has 2 aromatic heterocycles. The van der Waals surface area contributed by atoms with Gasteiger partial charge < -0.3 is 10.2 Å². The van der Waals surface area contributed by atoms with Crippen LogP contribution in [0.2, 0.25) is 0 Å². The van der Waals surface area contributed by atoms with E-state index in [2.05, 4.69) is 71.0 Å². The molecule has 0 aliphatic carbocycles. The van der Waals surface area contributed by atoms with Gasteiger partial charge in [0.2, 0.25) is 5.95 Å². The van der Waals surface area contributed by atoms with Gasteiger partial charge in [0.15, 0.2) is 0 Å². The number of aromatic nitrogens is 3. The van der Waals surface area contributed by atoms with Crippen molar-refractivity contribution in [3.05, 3.63) is 47.8 Å². The van der Waals surface area contributed by atoms with E-state index in [0.717, 1.165) is 55.2 Å². The van der Waals surface area contributed by atoms with E-state index >= 15 is 0 Å². The number of rotatable bonds is 6. The van der Waals surface area contributed by atoms with E-state index in [-0.39, 0.29) is 0 Å². The van der Waals surface area contributed by atoms with Gasteiger partial charge in [-0.25, -0.2) is 15.0 Å². The molecule has 0 amide bonds. The van der Waals surface area contributed by atoms with Gasteiger partial charge in [-0.15, -0.1) is 0 Å². The van der Waals surface area contributed by atoms with Gasteiger partial charge in [0, 0.05) is 55.6 Å². The molecule has 7 heteroatoms. The van der Waals surface area contributed by atoms with Gasteiger partial charge in [0.1, 0.15) is 5.82 Å². The van der Waals surface area contributed by atoms with Crippen LogP contribution in [-0.4, -0.2) is 58.3 Å². The molecule has 0 atom stereocenters. The number of benzene rings is 1. The van der Waals surface area contributed by atoms with Crippen molar-refractivity contribution in [1.29, 1.82) is 0 Å². The largest absolute Gasteiger partial charge is 0.368 e. The van der Waals surface area contributed by atoms with Gasteiger partial charge >= 0.3 is 0 Å². The average molecular weight is 444 g/mol. The highest BCUT2D eigenvalue weighted by molar-refractivity contribution is 6.13. The van der Waals surface area contributed by atoms with Crippen molar-refractivity contribution in [3.63, 3.8) is 0 Å². The van der Waals surface area contributed by atoms with Crippen molar-refractivity contribution < 1.29 is 0 Å². The first-order valence-corrected chi connectivity index (χ1v) is 12.0. The minimum absolute atomic E-state index is 0.365. The van der Waals surface area contributed by atoms with Crippen LogP contribution in [0.15, 0.2) is 41.7 Å². The van der Waals surface area contributed by atoms with Crippen molar-refractivity contribution in [3.8, 4) is 0 Å². The summed E-state index contributed by atoms with van der Waals surface area (Å²) in [6.45, 7) is 15.1. The second-order valence-electron chi connectivity index (χ2n) is 9.80. The van der Waals surface area contributed by atoms with Crippen molar-refractivity contribution in [1.82, 2.24) is 19.9 Å². The summed E-state index contributed by atoms with van der Waals surface area (Å²) in [4.78, 5) is 23.7. The van der Waals surface area contributed by atoms with E-state index < -0.39 is 0 Å². The molecule has 1 saturated heterocycles. The van der Waals surface area contributed by atoms with Crippen LogP contribution in [0.5, 0.6) is 0 Å². The van der Waals surface area contributed by atoms with Gasteiger partial charge in [0.25, 0.3) is 0 Å². The van der Waals surface area contributed by atoms with Gasteiger partial charge in [0.05, 0.1) is 23.9 Å². The predicted octanol–water partition coefficient (Wildman–Crippen LogP) is 4.51. The number of pyridine rings is 1. The summed E-state index contributed by atoms with van der Waals surface area (Å²) >= 11 is 0. The fourth-order valence-corrected chi connectivity index (χ4v) is 4.80. The minimum Gasteiger partial charge on any atom is -0.368 e. The molecule has 2 aliphatic heterocycles. The predicted molar refractivity (Wildman–Crippen MR) is 136 cm³/mol. The molecular formula is C26H33N7. The molecule has 1 N–H and O–H groups in total. The Morgan fingerprint density at radius 1 is 0.939 bits per heavy atom. The summed E-state index contributed by atoms with van der Waals surface area (Å²) in [5.41, 5.74) is 5.68. The summed E-state index contributed by atoms with van der Waals surface area (Å²) in [5.74, 6) is 2.39. The van der Waals surface area contributed by atoms with Crippen LogP contribution in [0.3, 0.4) is 0 Å². The van der Waals surface area contributed by atoms with Crippen molar-refractivity contribution in [2.24, 2.45) is 16.8 Å². The van der Waals surface area contributed by atoms with Gasteiger partial charge in [-0.05, 0) is 29.5 Å². The number of nitrogens with one attached hydrogen (secondary N) is 1. The first-order chi connectivity index (χ1) is 16.0. The Labute approximate surface area is 196 Å². The Hall–Kier alpha value is -3.06. The van der Waals surface area contributed by atoms with Crippen LogP contribution in [0.1, 0.15) is 38.8 Å². The van der Waals surface area contributed by atoms with E-state index in [0.29, 0.717) is 17.8 Å². The molecule has 0 bridgehead atoms. The number of anilines is 3. The normalized spacial score (nSPS) is 16.5. The van der Waals surface area contributed by atoms with E-state index in [9.17, 15) is 0 Å². The Morgan fingerprint density at radius 2 is 1.76 bits per heavy atom. The lowest BCUT2D eigenvalue weighted by Gasteiger charge is -2.36. The molecule has 7 nitrogen and oxygen atoms in total. The smallest absolute Gasteiger partial charge is 0.228 e. The van der Waals surface area contributed by atoms with Crippen LogP contribution in [0, 0.1) is 11.8 Å². The monoisotopic (exact) mass is 443 g/mol. The molecule has 0 spiro atoms. The second kappa shape index (κ2) is 9.06. The summed E-state index contributed by atoms with van der Waals surface area (Å²) in [6.07, 6.45) is 3.83. The second-order valence-corrected chi connectivity index (χ2v) is 9.80. The van der Waals surface area contributed by atoms with E-state index in [1.54, 1.807) is 0 Å². The molecule has 33 heavy (non-hydrogen) atoms. The molecule has 0 saturated carbocycles. The maximum atomic E-state index is 4.86. The number of fused-ring (bicyclic) bond motifs is 3. The quantitative estimate of drug-likeness (QED) is 0.605. The lowest BCUT2D eigenvalue weighted by atomic mass is 9.96. The SMILES string of the molecule is CC(C)CN1CCN(c2ccc(Nc3ncc4ccc5c(c4n3)C(C(C)C)=NC5)nc2)CC1. The summed E-state index contributed by atoms with van der Waals surface area (Å²) in [5, 5.41) is 4.33. The van der Waals surface area contributed by atoms with Gasteiger partial charge in [-0.3, -0.25) is 9.89 Å². The van der Waals surface area contributed by atoms with Crippen LogP contribution in [0.25, 0.3) is 10.9 Å². The number of nitrogens with zero attached hydrogens (tertiary/aromatic N) is 6. The van der Waals surface area contributed by atoms with Crippen molar-refractivity contribution >= 4 is 34.1 Å². The average Bonchev–Trinajstić information content (AvgIpc) is 3.25. The molecule has 0 radical (unpaired) electrons. The van der Waals surface area contributed by atoms with Gasteiger partial charge in [-0.1, -0.05) is 39.8 Å². The van der Waals surface area contributed by atoms with Crippen LogP contribution in [-0.2, 0) is 6.54 Å². The number of hydrogen-bond acceptors (Lipinski definition) is 7. The van der Waals surface area contributed by atoms with Crippen LogP contribution in [0.4, 0.5) is 17.5 Å². The number of hydrogen-bond donors (Lipinski definition) is 1. The standard InChI is InChI=1S/C26H33N7/c1-17(2)16-32-9-11-33(12-10-32)21-7-8-22(27-15-21)30-26-29-14-20-6-5-19-13-28-24(18(3)4)23(19)25(20)31-26/h5-8,14-15,17-18H,9-13,16H2,1-4H3,(H,27,29,30,31). The topological polar surface area (TPSA) is 69.5 Å². The van der Waals surface area contributed by atoms with E-state index in [1.165, 1.54) is 23.4 Å². The van der Waals surface area contributed by atoms with Crippen LogP contribution >= 0.6 is 0 Å². The Kier molecular flexibility index (Phi) is 5.98. The maximum absolute atomic E-state index is 4.86.